The minimum absolute atomic E-state index is 0.265. The summed E-state index contributed by atoms with van der Waals surface area (Å²) in [6.45, 7) is 0. The average Bonchev–Trinajstić information content (AvgIpc) is 3.11. The lowest BCUT2D eigenvalue weighted by Crippen LogP contribution is -2.43. The number of nitrogens with one attached hydrogen (secondary N) is 1. The largest absolute Gasteiger partial charge is 0.480 e. The Kier molecular flexibility index (Phi) is 2.80. The third kappa shape index (κ3) is 1.87. The van der Waals surface area contributed by atoms with Crippen LogP contribution >= 0.6 is 0 Å². The highest BCUT2D eigenvalue weighted by atomic mass is 16.4. The third-order valence-electron chi connectivity index (χ3n) is 4.82. The maximum atomic E-state index is 11.7. The van der Waals surface area contributed by atoms with Crippen molar-refractivity contribution in [2.24, 2.45) is 5.92 Å². The summed E-state index contributed by atoms with van der Waals surface area (Å²) < 4.78 is 0. The summed E-state index contributed by atoms with van der Waals surface area (Å²) in [5.41, 5.74) is 1.32. The molecule has 3 atom stereocenters. The second-order valence-corrected chi connectivity index (χ2v) is 5.91. The van der Waals surface area contributed by atoms with Gasteiger partial charge in [0.05, 0.1) is 6.33 Å². The van der Waals surface area contributed by atoms with E-state index in [4.69, 9.17) is 0 Å². The molecule has 0 radical (unpaired) electrons. The second kappa shape index (κ2) is 4.68. The zero-order valence-electron chi connectivity index (χ0n) is 11.6. The Bertz CT molecular complexity index is 685. The highest BCUT2D eigenvalue weighted by Crippen LogP contribution is 2.42. The fourth-order valence-electron chi connectivity index (χ4n) is 3.93. The van der Waals surface area contributed by atoms with E-state index in [9.17, 15) is 9.90 Å². The van der Waals surface area contributed by atoms with Gasteiger partial charge in [0.15, 0.2) is 11.5 Å². The van der Waals surface area contributed by atoms with Crippen molar-refractivity contribution in [3.8, 4) is 0 Å². The number of nitrogens with zero attached hydrogens (tertiary/aromatic N) is 4. The smallest absolute Gasteiger partial charge is 0.326 e. The number of hydrogen-bond acceptors (Lipinski definition) is 5. The molecule has 1 saturated heterocycles. The van der Waals surface area contributed by atoms with Crippen LogP contribution < -0.4 is 4.90 Å². The van der Waals surface area contributed by atoms with Crippen LogP contribution in [-0.4, -0.2) is 43.1 Å². The van der Waals surface area contributed by atoms with Gasteiger partial charge in [-0.05, 0) is 25.2 Å². The Labute approximate surface area is 121 Å². The first-order valence-electron chi connectivity index (χ1n) is 7.41. The molecule has 0 spiro atoms. The van der Waals surface area contributed by atoms with Crippen molar-refractivity contribution in [3.63, 3.8) is 0 Å². The van der Waals surface area contributed by atoms with Crippen LogP contribution in [0.2, 0.25) is 0 Å². The van der Waals surface area contributed by atoms with Crippen LogP contribution in [0.25, 0.3) is 11.2 Å². The van der Waals surface area contributed by atoms with E-state index in [2.05, 4.69) is 19.9 Å². The number of aromatic amines is 1. The first-order chi connectivity index (χ1) is 10.3. The number of anilines is 1. The molecular formula is C14H17N5O2. The molecule has 110 valence electrons. The molecule has 7 heteroatoms. The molecule has 4 rings (SSSR count). The molecule has 1 aliphatic carbocycles. The van der Waals surface area contributed by atoms with Crippen LogP contribution in [0.1, 0.15) is 32.1 Å². The quantitative estimate of drug-likeness (QED) is 0.870. The normalized spacial score (nSPS) is 28.8. The summed E-state index contributed by atoms with van der Waals surface area (Å²) in [6, 6.07) is -0.235. The summed E-state index contributed by atoms with van der Waals surface area (Å²) in [5.74, 6) is 0.364. The van der Waals surface area contributed by atoms with Crippen molar-refractivity contribution in [3.05, 3.63) is 12.7 Å². The van der Waals surface area contributed by atoms with Crippen LogP contribution in [0.3, 0.4) is 0 Å². The lowest BCUT2D eigenvalue weighted by atomic mass is 9.85. The fourth-order valence-corrected chi connectivity index (χ4v) is 3.93. The van der Waals surface area contributed by atoms with Gasteiger partial charge < -0.3 is 15.0 Å². The molecule has 3 heterocycles. The van der Waals surface area contributed by atoms with E-state index in [1.807, 2.05) is 4.90 Å². The average molecular weight is 287 g/mol. The van der Waals surface area contributed by atoms with Gasteiger partial charge in [0.25, 0.3) is 0 Å². The van der Waals surface area contributed by atoms with Crippen LogP contribution in [0.15, 0.2) is 12.7 Å². The van der Waals surface area contributed by atoms with Gasteiger partial charge in [0.1, 0.15) is 17.9 Å². The Hall–Kier alpha value is -2.18. The number of carbonyl (C=O) groups is 1. The van der Waals surface area contributed by atoms with E-state index in [1.165, 1.54) is 12.7 Å². The predicted octanol–water partition coefficient (Wildman–Crippen LogP) is 1.57. The zero-order valence-corrected chi connectivity index (χ0v) is 11.6. The summed E-state index contributed by atoms with van der Waals surface area (Å²) in [4.78, 5) is 29.4. The molecule has 0 bridgehead atoms. The van der Waals surface area contributed by atoms with Gasteiger partial charge in [-0.15, -0.1) is 0 Å². The number of aromatic nitrogens is 4. The van der Waals surface area contributed by atoms with E-state index < -0.39 is 12.0 Å². The molecular weight excluding hydrogens is 270 g/mol. The summed E-state index contributed by atoms with van der Waals surface area (Å²) in [7, 11) is 0. The zero-order chi connectivity index (χ0) is 14.4. The molecule has 21 heavy (non-hydrogen) atoms. The van der Waals surface area contributed by atoms with Gasteiger partial charge in [-0.3, -0.25) is 0 Å². The van der Waals surface area contributed by atoms with Crippen molar-refractivity contribution in [2.75, 3.05) is 4.90 Å². The molecule has 2 aliphatic rings. The van der Waals surface area contributed by atoms with Crippen LogP contribution in [0, 0.1) is 5.92 Å². The molecule has 0 aromatic carbocycles. The second-order valence-electron chi connectivity index (χ2n) is 5.91. The SMILES string of the molecule is O=C(O)C1CC2CCCCC2N1c1ncnc2nc[nH]c12. The Morgan fingerprint density at radius 2 is 2.14 bits per heavy atom. The molecule has 3 unspecified atom stereocenters. The number of carboxylic acid groups (broad SMARTS) is 1. The number of carboxylic acids is 1. The van der Waals surface area contributed by atoms with Gasteiger partial charge in [-0.1, -0.05) is 12.8 Å². The first-order valence-corrected chi connectivity index (χ1v) is 7.41. The lowest BCUT2D eigenvalue weighted by Gasteiger charge is -2.33. The van der Waals surface area contributed by atoms with Gasteiger partial charge in [-0.25, -0.2) is 19.7 Å². The van der Waals surface area contributed by atoms with Gasteiger partial charge in [0.2, 0.25) is 0 Å². The Morgan fingerprint density at radius 3 is 3.00 bits per heavy atom. The molecule has 1 saturated carbocycles. The molecule has 7 nitrogen and oxygen atoms in total. The van der Waals surface area contributed by atoms with Crippen molar-refractivity contribution in [1.29, 1.82) is 0 Å². The van der Waals surface area contributed by atoms with E-state index >= 15 is 0 Å². The first kappa shape index (κ1) is 12.6. The summed E-state index contributed by atoms with van der Waals surface area (Å²) in [5, 5.41) is 9.60. The highest BCUT2D eigenvalue weighted by molar-refractivity contribution is 5.87. The maximum Gasteiger partial charge on any atom is 0.326 e. The lowest BCUT2D eigenvalue weighted by molar-refractivity contribution is -0.138. The Balaban J connectivity index is 1.83. The topological polar surface area (TPSA) is 95.0 Å². The number of H-pyrrole nitrogens is 1. The molecule has 2 aromatic rings. The third-order valence-corrected chi connectivity index (χ3v) is 4.82. The molecule has 2 aromatic heterocycles. The van der Waals surface area contributed by atoms with Crippen molar-refractivity contribution < 1.29 is 9.90 Å². The van der Waals surface area contributed by atoms with Crippen molar-refractivity contribution >= 4 is 23.0 Å². The van der Waals surface area contributed by atoms with E-state index in [0.29, 0.717) is 23.8 Å². The highest BCUT2D eigenvalue weighted by Gasteiger charge is 2.46. The van der Waals surface area contributed by atoms with Gasteiger partial charge >= 0.3 is 5.97 Å². The summed E-state index contributed by atoms with van der Waals surface area (Å²) in [6.07, 6.45) is 8.25. The van der Waals surface area contributed by atoms with E-state index in [0.717, 1.165) is 24.8 Å². The number of hydrogen-bond donors (Lipinski definition) is 2. The minimum Gasteiger partial charge on any atom is -0.480 e. The molecule has 2 fully saturated rings. The Morgan fingerprint density at radius 1 is 1.29 bits per heavy atom. The standard InChI is InChI=1S/C14H17N5O2/c20-14(21)10-5-8-3-1-2-4-9(8)19(10)13-11-12(16-6-15-11)17-7-18-13/h6-10H,1-5H2,(H,20,21)(H,15,16,17,18). The van der Waals surface area contributed by atoms with Crippen molar-refractivity contribution in [2.45, 2.75) is 44.2 Å². The van der Waals surface area contributed by atoms with Crippen LogP contribution in [-0.2, 0) is 4.79 Å². The van der Waals surface area contributed by atoms with Crippen LogP contribution in [0.5, 0.6) is 0 Å². The molecule has 0 amide bonds. The molecule has 1 aliphatic heterocycles. The van der Waals surface area contributed by atoms with E-state index in [1.54, 1.807) is 6.33 Å². The van der Waals surface area contributed by atoms with Gasteiger partial charge in [0, 0.05) is 6.04 Å². The number of fused-ring (bicyclic) bond motifs is 2. The fraction of sp³-hybridized carbons (Fsp3) is 0.571. The van der Waals surface area contributed by atoms with Crippen molar-refractivity contribution in [1.82, 2.24) is 19.9 Å². The number of aliphatic carboxylic acids is 1. The maximum absolute atomic E-state index is 11.7. The minimum atomic E-state index is -0.768. The number of imidazole rings is 1. The predicted molar refractivity (Wildman–Crippen MR) is 75.9 cm³/mol. The number of rotatable bonds is 2. The van der Waals surface area contributed by atoms with Gasteiger partial charge in [-0.2, -0.15) is 0 Å². The van der Waals surface area contributed by atoms with Crippen LogP contribution in [0.4, 0.5) is 5.82 Å². The van der Waals surface area contributed by atoms with E-state index in [-0.39, 0.29) is 6.04 Å². The summed E-state index contributed by atoms with van der Waals surface area (Å²) >= 11 is 0. The monoisotopic (exact) mass is 287 g/mol. The molecule has 2 N–H and O–H groups in total.